The van der Waals surface area contributed by atoms with E-state index >= 15 is 0 Å². The molecule has 18 heavy (non-hydrogen) atoms. The lowest BCUT2D eigenvalue weighted by atomic mass is 9.83. The molecule has 1 aromatic carbocycles. The Hall–Kier alpha value is -1.39. The van der Waals surface area contributed by atoms with Gasteiger partial charge >= 0.3 is 0 Å². The summed E-state index contributed by atoms with van der Waals surface area (Å²) in [6.07, 6.45) is 0. The molecular weight excluding hydrogens is 230 g/mol. The highest BCUT2D eigenvalue weighted by atomic mass is 16.3. The van der Waals surface area contributed by atoms with E-state index in [0.717, 1.165) is 5.56 Å². The van der Waals surface area contributed by atoms with Gasteiger partial charge in [0.25, 0.3) is 0 Å². The molecule has 0 unspecified atom stereocenters. The average molecular weight is 251 g/mol. The molecule has 0 saturated heterocycles. The molecule has 0 aliphatic heterocycles. The summed E-state index contributed by atoms with van der Waals surface area (Å²) in [7, 11) is 0. The zero-order valence-electron chi connectivity index (χ0n) is 11.1. The van der Waals surface area contributed by atoms with Crippen LogP contribution in [0.1, 0.15) is 26.3 Å². The molecule has 1 amide bonds. The van der Waals surface area contributed by atoms with E-state index in [2.05, 4.69) is 5.32 Å². The number of hydrogen-bond acceptors (Lipinski definition) is 3. The molecule has 0 heterocycles. The van der Waals surface area contributed by atoms with Crippen LogP contribution >= 0.6 is 0 Å². The molecule has 0 bridgehead atoms. The smallest absolute Gasteiger partial charge is 0.230 e. The molecule has 4 heteroatoms. The molecule has 1 aromatic rings. The first-order valence-corrected chi connectivity index (χ1v) is 5.95. The molecule has 0 atom stereocenters. The van der Waals surface area contributed by atoms with Crippen molar-refractivity contribution in [3.63, 3.8) is 0 Å². The molecule has 3 N–H and O–H groups in total. The van der Waals surface area contributed by atoms with E-state index in [-0.39, 0.29) is 19.1 Å². The Labute approximate surface area is 108 Å². The molecule has 1 rings (SSSR count). The van der Waals surface area contributed by atoms with Crippen molar-refractivity contribution >= 4 is 5.91 Å². The summed E-state index contributed by atoms with van der Waals surface area (Å²) in [6.45, 7) is 4.62. The van der Waals surface area contributed by atoms with E-state index in [9.17, 15) is 15.0 Å². The second-order valence-corrected chi connectivity index (χ2v) is 5.32. The van der Waals surface area contributed by atoms with Crippen LogP contribution in [0.2, 0.25) is 0 Å². The van der Waals surface area contributed by atoms with Crippen LogP contribution in [0.5, 0.6) is 0 Å². The van der Waals surface area contributed by atoms with E-state index in [1.165, 1.54) is 0 Å². The van der Waals surface area contributed by atoms with Crippen molar-refractivity contribution in [2.75, 3.05) is 13.2 Å². The topological polar surface area (TPSA) is 69.6 Å². The number of rotatable bonds is 5. The number of benzene rings is 1. The number of aliphatic hydroxyl groups excluding tert-OH is 2. The van der Waals surface area contributed by atoms with Crippen molar-refractivity contribution in [1.29, 1.82) is 0 Å². The number of carbonyl (C=O) groups is 1. The Kier molecular flexibility index (Phi) is 4.48. The third kappa shape index (κ3) is 3.09. The lowest BCUT2D eigenvalue weighted by Crippen LogP contribution is -2.56. The number of amides is 1. The van der Waals surface area contributed by atoms with Gasteiger partial charge in [0, 0.05) is 0 Å². The van der Waals surface area contributed by atoms with Gasteiger partial charge in [-0.3, -0.25) is 4.79 Å². The number of hydrogen-bond donors (Lipinski definition) is 3. The van der Waals surface area contributed by atoms with Gasteiger partial charge in [-0.2, -0.15) is 0 Å². The largest absolute Gasteiger partial charge is 0.394 e. The van der Waals surface area contributed by atoms with Crippen molar-refractivity contribution in [3.05, 3.63) is 35.9 Å². The van der Waals surface area contributed by atoms with Crippen molar-refractivity contribution < 1.29 is 15.0 Å². The second kappa shape index (κ2) is 5.50. The average Bonchev–Trinajstić information content (AvgIpc) is 2.39. The summed E-state index contributed by atoms with van der Waals surface area (Å²) < 4.78 is 0. The van der Waals surface area contributed by atoms with Crippen LogP contribution in [0.25, 0.3) is 0 Å². The maximum atomic E-state index is 12.3. The minimum atomic E-state index is -0.997. The quantitative estimate of drug-likeness (QED) is 0.726. The summed E-state index contributed by atoms with van der Waals surface area (Å²) in [5, 5.41) is 21.1. The molecule has 0 aliphatic rings. The zero-order valence-corrected chi connectivity index (χ0v) is 11.1. The molecule has 0 aliphatic carbocycles. The number of carbonyl (C=O) groups excluding carboxylic acids is 1. The van der Waals surface area contributed by atoms with Crippen LogP contribution in [-0.4, -0.2) is 34.9 Å². The monoisotopic (exact) mass is 251 g/mol. The van der Waals surface area contributed by atoms with Crippen LogP contribution in [0.3, 0.4) is 0 Å². The first kappa shape index (κ1) is 14.7. The number of nitrogens with one attached hydrogen (secondary N) is 1. The fourth-order valence-corrected chi connectivity index (χ4v) is 1.55. The first-order valence-electron chi connectivity index (χ1n) is 5.95. The first-order chi connectivity index (χ1) is 8.35. The molecule has 0 spiro atoms. The normalized spacial score (nSPS) is 12.3. The van der Waals surface area contributed by atoms with Gasteiger partial charge in [0.1, 0.15) is 0 Å². The van der Waals surface area contributed by atoms with Crippen molar-refractivity contribution in [1.82, 2.24) is 5.32 Å². The molecule has 0 fully saturated rings. The van der Waals surface area contributed by atoms with E-state index in [1.807, 2.05) is 44.2 Å². The van der Waals surface area contributed by atoms with Crippen LogP contribution in [-0.2, 0) is 10.2 Å². The van der Waals surface area contributed by atoms with Crippen LogP contribution in [0.4, 0.5) is 0 Å². The summed E-state index contributed by atoms with van der Waals surface area (Å²) in [5.41, 5.74) is -0.823. The minimum Gasteiger partial charge on any atom is -0.394 e. The Balaban J connectivity index is 2.90. The van der Waals surface area contributed by atoms with E-state index < -0.39 is 11.0 Å². The molecular formula is C14H21NO3. The molecule has 0 saturated carbocycles. The maximum Gasteiger partial charge on any atom is 0.230 e. The SMILES string of the molecule is CC(CO)(CO)NC(=O)C(C)(C)c1ccccc1. The van der Waals surface area contributed by atoms with E-state index in [1.54, 1.807) is 6.92 Å². The highest BCUT2D eigenvalue weighted by Crippen LogP contribution is 2.23. The summed E-state index contributed by atoms with van der Waals surface area (Å²) in [6, 6.07) is 9.41. The lowest BCUT2D eigenvalue weighted by Gasteiger charge is -2.32. The molecule has 0 aromatic heterocycles. The van der Waals surface area contributed by atoms with Crippen molar-refractivity contribution in [2.45, 2.75) is 31.7 Å². The molecule has 100 valence electrons. The summed E-state index contributed by atoms with van der Waals surface area (Å²) in [5.74, 6) is -0.223. The van der Waals surface area contributed by atoms with E-state index in [4.69, 9.17) is 0 Å². The Morgan fingerprint density at radius 2 is 1.61 bits per heavy atom. The third-order valence-corrected chi connectivity index (χ3v) is 3.18. The summed E-state index contributed by atoms with van der Waals surface area (Å²) >= 11 is 0. The van der Waals surface area contributed by atoms with Gasteiger partial charge in [-0.1, -0.05) is 30.3 Å². The van der Waals surface area contributed by atoms with E-state index in [0.29, 0.717) is 0 Å². The maximum absolute atomic E-state index is 12.3. The van der Waals surface area contributed by atoms with Crippen molar-refractivity contribution in [2.24, 2.45) is 0 Å². The van der Waals surface area contributed by atoms with Crippen molar-refractivity contribution in [3.8, 4) is 0 Å². The number of aliphatic hydroxyl groups is 2. The Morgan fingerprint density at radius 3 is 2.06 bits per heavy atom. The van der Waals surface area contributed by atoms with Gasteiger partial charge in [-0.15, -0.1) is 0 Å². The van der Waals surface area contributed by atoms with Crippen LogP contribution < -0.4 is 5.32 Å². The summed E-state index contributed by atoms with van der Waals surface area (Å²) in [4.78, 5) is 12.3. The molecule has 0 radical (unpaired) electrons. The fourth-order valence-electron chi connectivity index (χ4n) is 1.55. The third-order valence-electron chi connectivity index (χ3n) is 3.18. The Bertz CT molecular complexity index is 397. The van der Waals surface area contributed by atoms with Gasteiger partial charge in [-0.25, -0.2) is 0 Å². The standard InChI is InChI=1S/C14H21NO3/c1-13(2,11-7-5-4-6-8-11)12(18)15-14(3,9-16)10-17/h4-8,16-17H,9-10H2,1-3H3,(H,15,18). The zero-order chi connectivity index (χ0) is 13.8. The van der Waals surface area contributed by atoms with Gasteiger partial charge in [0.05, 0.1) is 24.2 Å². The van der Waals surface area contributed by atoms with Gasteiger partial charge in [-0.05, 0) is 26.3 Å². The fraction of sp³-hybridized carbons (Fsp3) is 0.500. The highest BCUT2D eigenvalue weighted by Gasteiger charge is 2.34. The predicted octanol–water partition coefficient (Wildman–Crippen LogP) is 0.824. The second-order valence-electron chi connectivity index (χ2n) is 5.32. The van der Waals surface area contributed by atoms with Gasteiger partial charge < -0.3 is 15.5 Å². The molecule has 4 nitrogen and oxygen atoms in total. The minimum absolute atomic E-state index is 0.223. The van der Waals surface area contributed by atoms with Gasteiger partial charge in [0.15, 0.2) is 0 Å². The Morgan fingerprint density at radius 1 is 1.11 bits per heavy atom. The lowest BCUT2D eigenvalue weighted by molar-refractivity contribution is -0.128. The highest BCUT2D eigenvalue weighted by molar-refractivity contribution is 5.87. The van der Waals surface area contributed by atoms with Crippen LogP contribution in [0, 0.1) is 0 Å². The van der Waals surface area contributed by atoms with Crippen LogP contribution in [0.15, 0.2) is 30.3 Å². The van der Waals surface area contributed by atoms with Gasteiger partial charge in [0.2, 0.25) is 5.91 Å². The predicted molar refractivity (Wildman–Crippen MR) is 70.2 cm³/mol.